The number of anilines is 1. The van der Waals surface area contributed by atoms with Crippen LogP contribution in [0.3, 0.4) is 0 Å². The Hall–Kier alpha value is -1.79. The van der Waals surface area contributed by atoms with Crippen molar-refractivity contribution in [3.8, 4) is 5.75 Å². The van der Waals surface area contributed by atoms with Crippen molar-refractivity contribution in [3.05, 3.63) is 57.1 Å². The fourth-order valence-corrected chi connectivity index (χ4v) is 3.34. The highest BCUT2D eigenvalue weighted by atomic mass is 35.5. The third-order valence-electron chi connectivity index (χ3n) is 4.46. The first-order valence-electron chi connectivity index (χ1n) is 8.99. The largest absolute Gasteiger partial charge is 0.490 e. The summed E-state index contributed by atoms with van der Waals surface area (Å²) in [5.74, 6) is 0.531. The maximum atomic E-state index is 12.2. The zero-order valence-corrected chi connectivity index (χ0v) is 18.1. The zero-order valence-electron chi connectivity index (χ0n) is 16.6. The van der Waals surface area contributed by atoms with Gasteiger partial charge in [-0.2, -0.15) is 0 Å². The number of hydrogen-bond donors (Lipinski definition) is 2. The van der Waals surface area contributed by atoms with E-state index in [0.717, 1.165) is 22.4 Å². The lowest BCUT2D eigenvalue weighted by Crippen LogP contribution is -2.38. The number of hydrogen-bond acceptors (Lipinski definition) is 4. The number of aliphatic hydroxyl groups excluding tert-OH is 1. The van der Waals surface area contributed by atoms with Crippen LogP contribution >= 0.6 is 23.2 Å². The average Bonchev–Trinajstić information content (AvgIpc) is 2.61. The number of aliphatic hydroxyl groups is 1. The molecule has 28 heavy (non-hydrogen) atoms. The molecular formula is C21H26Cl2N2O3. The summed E-state index contributed by atoms with van der Waals surface area (Å²) in [5, 5.41) is 13.7. The van der Waals surface area contributed by atoms with Gasteiger partial charge in [-0.3, -0.25) is 9.69 Å². The molecule has 0 fully saturated rings. The lowest BCUT2D eigenvalue weighted by molar-refractivity contribution is -0.117. The fraction of sp³-hybridized carbons (Fsp3) is 0.381. The van der Waals surface area contributed by atoms with Crippen LogP contribution in [0.15, 0.2) is 30.3 Å². The van der Waals surface area contributed by atoms with Crippen LogP contribution in [-0.4, -0.2) is 48.8 Å². The topological polar surface area (TPSA) is 61.8 Å². The predicted octanol–water partition coefficient (Wildman–Crippen LogP) is 4.23. The van der Waals surface area contributed by atoms with Crippen LogP contribution in [-0.2, 0) is 4.79 Å². The van der Waals surface area contributed by atoms with Crippen LogP contribution in [0, 0.1) is 20.8 Å². The van der Waals surface area contributed by atoms with Gasteiger partial charge in [-0.1, -0.05) is 41.4 Å². The summed E-state index contributed by atoms with van der Waals surface area (Å²) in [6, 6.07) is 9.07. The van der Waals surface area contributed by atoms with E-state index < -0.39 is 6.10 Å². The monoisotopic (exact) mass is 424 g/mol. The molecule has 152 valence electrons. The molecule has 1 amide bonds. The Labute approximate surface area is 176 Å². The van der Waals surface area contributed by atoms with Crippen molar-refractivity contribution in [3.63, 3.8) is 0 Å². The van der Waals surface area contributed by atoms with E-state index in [1.54, 1.807) is 30.1 Å². The summed E-state index contributed by atoms with van der Waals surface area (Å²) in [4.78, 5) is 13.9. The smallest absolute Gasteiger partial charge is 0.238 e. The Morgan fingerprint density at radius 2 is 1.75 bits per heavy atom. The maximum Gasteiger partial charge on any atom is 0.238 e. The van der Waals surface area contributed by atoms with Crippen LogP contribution in [0.1, 0.15) is 16.7 Å². The highest BCUT2D eigenvalue weighted by Crippen LogP contribution is 2.29. The number of nitrogens with one attached hydrogen (secondary N) is 1. The molecule has 0 heterocycles. The lowest BCUT2D eigenvalue weighted by Gasteiger charge is -2.22. The molecule has 0 aliphatic heterocycles. The Bertz CT molecular complexity index is 822. The van der Waals surface area contributed by atoms with E-state index in [9.17, 15) is 9.90 Å². The summed E-state index contributed by atoms with van der Waals surface area (Å²) in [5.41, 5.74) is 3.62. The van der Waals surface area contributed by atoms with E-state index in [2.05, 4.69) is 5.32 Å². The molecule has 0 unspecified atom stereocenters. The van der Waals surface area contributed by atoms with Crippen molar-refractivity contribution in [1.29, 1.82) is 0 Å². The van der Waals surface area contributed by atoms with Crippen molar-refractivity contribution in [2.75, 3.05) is 32.1 Å². The average molecular weight is 425 g/mol. The minimum atomic E-state index is -0.735. The van der Waals surface area contributed by atoms with Gasteiger partial charge in [0, 0.05) is 6.54 Å². The molecule has 0 aromatic heterocycles. The summed E-state index contributed by atoms with van der Waals surface area (Å²) in [6.45, 7) is 6.52. The van der Waals surface area contributed by atoms with Gasteiger partial charge in [0.05, 0.1) is 22.3 Å². The van der Waals surface area contributed by atoms with E-state index in [0.29, 0.717) is 15.7 Å². The minimum Gasteiger partial charge on any atom is -0.490 e. The highest BCUT2D eigenvalue weighted by Gasteiger charge is 2.16. The van der Waals surface area contributed by atoms with Crippen LogP contribution in [0.2, 0.25) is 10.0 Å². The molecule has 0 saturated carbocycles. The second kappa shape index (κ2) is 10.1. The first-order chi connectivity index (χ1) is 13.2. The summed E-state index contributed by atoms with van der Waals surface area (Å²) < 4.78 is 5.83. The van der Waals surface area contributed by atoms with Gasteiger partial charge in [0.2, 0.25) is 5.91 Å². The molecule has 2 aromatic rings. The Morgan fingerprint density at radius 3 is 2.39 bits per heavy atom. The molecule has 0 radical (unpaired) electrons. The molecule has 5 nitrogen and oxygen atoms in total. The Balaban J connectivity index is 1.85. The molecule has 0 aliphatic rings. The number of amides is 1. The molecule has 0 aliphatic carbocycles. The molecular weight excluding hydrogens is 399 g/mol. The van der Waals surface area contributed by atoms with Crippen LogP contribution in [0.5, 0.6) is 5.75 Å². The molecule has 0 bridgehead atoms. The normalized spacial score (nSPS) is 12.1. The van der Waals surface area contributed by atoms with E-state index in [1.807, 2.05) is 32.9 Å². The standard InChI is InChI=1S/C21H26Cl2N2O3/c1-13-8-9-14(2)21(15(13)3)28-12-16(26)10-25(4)11-19(27)24-20-17(22)6-5-7-18(20)23/h5-9,16,26H,10-12H2,1-4H3,(H,24,27)/t16-/m1/s1. The Morgan fingerprint density at radius 1 is 1.14 bits per heavy atom. The third kappa shape index (κ3) is 6.11. The van der Waals surface area contributed by atoms with E-state index in [-0.39, 0.29) is 25.6 Å². The third-order valence-corrected chi connectivity index (χ3v) is 5.09. The van der Waals surface area contributed by atoms with E-state index >= 15 is 0 Å². The van der Waals surface area contributed by atoms with Crippen LogP contribution in [0.25, 0.3) is 0 Å². The first-order valence-corrected chi connectivity index (χ1v) is 9.74. The summed E-state index contributed by atoms with van der Waals surface area (Å²) in [6.07, 6.45) is -0.735. The van der Waals surface area contributed by atoms with Gasteiger partial charge in [-0.05, 0) is 56.6 Å². The van der Waals surface area contributed by atoms with Gasteiger partial charge < -0.3 is 15.2 Å². The lowest BCUT2D eigenvalue weighted by atomic mass is 10.1. The van der Waals surface area contributed by atoms with Gasteiger partial charge in [0.25, 0.3) is 0 Å². The molecule has 2 N–H and O–H groups in total. The van der Waals surface area contributed by atoms with Gasteiger partial charge in [-0.25, -0.2) is 0 Å². The SMILES string of the molecule is Cc1ccc(C)c(OC[C@H](O)CN(C)CC(=O)Nc2c(Cl)cccc2Cl)c1C. The quantitative estimate of drug-likeness (QED) is 0.665. The molecule has 1 atom stereocenters. The number of carbonyl (C=O) groups excluding carboxylic acids is 1. The summed E-state index contributed by atoms with van der Waals surface area (Å²) >= 11 is 12.1. The number of nitrogens with zero attached hydrogens (tertiary/aromatic N) is 1. The molecule has 2 rings (SSSR count). The zero-order chi connectivity index (χ0) is 20.8. The molecule has 7 heteroatoms. The number of halogens is 2. The number of para-hydroxylation sites is 1. The van der Waals surface area contributed by atoms with Crippen LogP contribution < -0.4 is 10.1 Å². The van der Waals surface area contributed by atoms with Gasteiger partial charge in [-0.15, -0.1) is 0 Å². The van der Waals surface area contributed by atoms with Crippen molar-refractivity contribution >= 4 is 34.8 Å². The van der Waals surface area contributed by atoms with Gasteiger partial charge >= 0.3 is 0 Å². The van der Waals surface area contributed by atoms with E-state index in [1.165, 1.54) is 0 Å². The number of rotatable bonds is 8. The fourth-order valence-electron chi connectivity index (χ4n) is 2.85. The number of carbonyl (C=O) groups is 1. The molecule has 2 aromatic carbocycles. The summed E-state index contributed by atoms with van der Waals surface area (Å²) in [7, 11) is 1.75. The van der Waals surface area contributed by atoms with Crippen molar-refractivity contribution in [2.24, 2.45) is 0 Å². The first kappa shape index (κ1) is 22.5. The molecule has 0 spiro atoms. The van der Waals surface area contributed by atoms with E-state index in [4.69, 9.17) is 27.9 Å². The van der Waals surface area contributed by atoms with Gasteiger partial charge in [0.1, 0.15) is 18.5 Å². The number of benzene rings is 2. The number of likely N-dealkylation sites (N-methyl/N-ethyl adjacent to an activating group) is 1. The highest BCUT2D eigenvalue weighted by molar-refractivity contribution is 6.39. The van der Waals surface area contributed by atoms with Crippen molar-refractivity contribution in [1.82, 2.24) is 4.90 Å². The van der Waals surface area contributed by atoms with Crippen molar-refractivity contribution < 1.29 is 14.6 Å². The predicted molar refractivity (Wildman–Crippen MR) is 115 cm³/mol. The van der Waals surface area contributed by atoms with Gasteiger partial charge in [0.15, 0.2) is 0 Å². The minimum absolute atomic E-state index is 0.0844. The number of ether oxygens (including phenoxy) is 1. The number of aryl methyl sites for hydroxylation is 2. The second-order valence-electron chi connectivity index (χ2n) is 6.96. The Kier molecular flexibility index (Phi) is 8.13. The maximum absolute atomic E-state index is 12.2. The van der Waals surface area contributed by atoms with Crippen molar-refractivity contribution in [2.45, 2.75) is 26.9 Å². The van der Waals surface area contributed by atoms with Crippen LogP contribution in [0.4, 0.5) is 5.69 Å². The second-order valence-corrected chi connectivity index (χ2v) is 7.77. The molecule has 0 saturated heterocycles.